The highest BCUT2D eigenvalue weighted by atomic mass is 16.2. The molecule has 3 atom stereocenters. The van der Waals surface area contributed by atoms with Gasteiger partial charge in [-0.1, -0.05) is 22.8 Å². The summed E-state index contributed by atoms with van der Waals surface area (Å²) in [5.41, 5.74) is 3.23. The van der Waals surface area contributed by atoms with Crippen LogP contribution in [0.4, 0.5) is 5.69 Å². The second-order valence-corrected chi connectivity index (χ2v) is 6.19. The van der Waals surface area contributed by atoms with E-state index >= 15 is 0 Å². The number of imide groups is 1. The van der Waals surface area contributed by atoms with Crippen molar-refractivity contribution >= 4 is 78.6 Å². The molecule has 2 amide bonds. The Balaban J connectivity index is 2.43. The molecular weight excluding hydrogens is 326 g/mol. The molecule has 1 aromatic carbocycles. The highest BCUT2D eigenvalue weighted by Gasteiger charge is 2.49. The van der Waals surface area contributed by atoms with Gasteiger partial charge < -0.3 is 5.73 Å². The fourth-order valence-corrected chi connectivity index (χ4v) is 3.11. The molecule has 0 aliphatic carbocycles. The van der Waals surface area contributed by atoms with E-state index in [0.717, 1.165) is 4.57 Å². The minimum atomic E-state index is -2.17. The van der Waals surface area contributed by atoms with Crippen LogP contribution in [0.3, 0.4) is 0 Å². The summed E-state index contributed by atoms with van der Waals surface area (Å²) in [5, 5.41) is 1.90. The summed E-state index contributed by atoms with van der Waals surface area (Å²) in [6.07, 6.45) is 0. The lowest BCUT2D eigenvalue weighted by Gasteiger charge is -2.44. The predicted octanol–water partition coefficient (Wildman–Crippen LogP) is -3.73. The van der Waals surface area contributed by atoms with Gasteiger partial charge in [-0.2, -0.15) is 0 Å². The largest absolute Gasteiger partial charge is 0.398 e. The number of nitrogen functional groups attached to an aromatic ring is 1. The fourth-order valence-electron chi connectivity index (χ4n) is 3.11. The lowest BCUT2D eigenvalue weighted by Crippen LogP contribution is -2.63. The number of nitrogens with zero attached hydrogens (tertiary/aromatic N) is 2. The van der Waals surface area contributed by atoms with Crippen LogP contribution in [0.2, 0.25) is 11.6 Å². The van der Waals surface area contributed by atoms with E-state index < -0.39 is 34.4 Å². The Labute approximate surface area is 155 Å². The van der Waals surface area contributed by atoms with Crippen LogP contribution in [0.5, 0.6) is 0 Å². The number of carbonyl (C=O) groups excluding carboxylic acids is 2. The Bertz CT molecular complexity index is 1040. The first-order chi connectivity index (χ1) is 12.0. The first kappa shape index (κ1) is 18.4. The normalized spacial score (nSPS) is 26.0. The molecule has 7 nitrogen and oxygen atoms in total. The van der Waals surface area contributed by atoms with Crippen molar-refractivity contribution in [3.05, 3.63) is 22.2 Å². The molecule has 2 aromatic rings. The lowest BCUT2D eigenvalue weighted by atomic mass is 9.49. The molecule has 10 radical (unpaired) electrons. The van der Waals surface area contributed by atoms with Crippen molar-refractivity contribution in [2.24, 2.45) is 0 Å². The predicted molar refractivity (Wildman–Crippen MR) is 102 cm³/mol. The molecule has 2 heterocycles. The third kappa shape index (κ3) is 2.27. The van der Waals surface area contributed by atoms with E-state index in [1.54, 1.807) is 0 Å². The van der Waals surface area contributed by atoms with E-state index in [-0.39, 0.29) is 33.3 Å². The summed E-state index contributed by atoms with van der Waals surface area (Å²) in [4.78, 5) is 41.6. The molecule has 0 saturated carbocycles. The van der Waals surface area contributed by atoms with Crippen molar-refractivity contribution in [1.29, 1.82) is 0 Å². The number of aryl methyl sites for hydroxylation is 1. The van der Waals surface area contributed by atoms with Gasteiger partial charge in [0.2, 0.25) is 11.8 Å². The number of amides is 2. The third-order valence-electron chi connectivity index (χ3n) is 4.58. The maximum Gasteiger partial charge on any atom is 0.263 e. The number of hydrogen-bond donors (Lipinski definition) is 2. The average Bonchev–Trinajstić information content (AvgIpc) is 2.56. The SMILES string of the molecule is [B]c1cc([B])c2nc(C)n(C3([B])C(=O)NC(=O)C([B])C3[B])c(=O)c2c1N. The highest BCUT2D eigenvalue weighted by molar-refractivity contribution is 6.45. The van der Waals surface area contributed by atoms with Crippen molar-refractivity contribution in [1.82, 2.24) is 14.9 Å². The number of nitrogens with one attached hydrogen (secondary N) is 1. The van der Waals surface area contributed by atoms with Gasteiger partial charge in [0.25, 0.3) is 5.56 Å². The average molecular weight is 335 g/mol. The molecule has 1 aliphatic heterocycles. The highest BCUT2D eigenvalue weighted by Crippen LogP contribution is 2.38. The Morgan fingerprint density at radius 1 is 1.23 bits per heavy atom. The molecule has 1 saturated heterocycles. The lowest BCUT2D eigenvalue weighted by molar-refractivity contribution is -0.137. The zero-order valence-electron chi connectivity index (χ0n) is 13.8. The molecule has 118 valence electrons. The first-order valence-corrected chi connectivity index (χ1v) is 7.54. The van der Waals surface area contributed by atoms with Gasteiger partial charge in [-0.05, 0) is 12.7 Å². The second kappa shape index (κ2) is 5.82. The number of hydrogen-bond acceptors (Lipinski definition) is 5. The quantitative estimate of drug-likeness (QED) is 0.317. The number of carbonyl (C=O) groups is 2. The molecular formula is C14H9B5N4O3. The molecule has 3 unspecified atom stereocenters. The third-order valence-corrected chi connectivity index (χ3v) is 4.58. The maximum atomic E-state index is 13.1. The molecule has 1 aliphatic rings. The molecule has 3 N–H and O–H groups in total. The summed E-state index contributed by atoms with van der Waals surface area (Å²) < 4.78 is 0.858. The van der Waals surface area contributed by atoms with Crippen LogP contribution in [0.25, 0.3) is 10.9 Å². The number of anilines is 1. The second-order valence-electron chi connectivity index (χ2n) is 6.19. The molecule has 0 bridgehead atoms. The van der Waals surface area contributed by atoms with Gasteiger partial charge >= 0.3 is 0 Å². The summed E-state index contributed by atoms with van der Waals surface area (Å²) in [5.74, 6) is -4.45. The number of rotatable bonds is 1. The van der Waals surface area contributed by atoms with Crippen molar-refractivity contribution in [3.63, 3.8) is 0 Å². The Morgan fingerprint density at radius 2 is 1.85 bits per heavy atom. The summed E-state index contributed by atoms with van der Waals surface area (Å²) in [7, 11) is 29.5. The van der Waals surface area contributed by atoms with Crippen molar-refractivity contribution in [3.8, 4) is 0 Å². The van der Waals surface area contributed by atoms with Gasteiger partial charge in [0.1, 0.15) is 29.4 Å². The van der Waals surface area contributed by atoms with Gasteiger partial charge in [-0.15, -0.1) is 0 Å². The van der Waals surface area contributed by atoms with Gasteiger partial charge in [0.15, 0.2) is 0 Å². The van der Waals surface area contributed by atoms with Crippen LogP contribution in [-0.4, -0.2) is 60.6 Å². The smallest absolute Gasteiger partial charge is 0.263 e. The van der Waals surface area contributed by atoms with E-state index in [4.69, 9.17) is 45.0 Å². The van der Waals surface area contributed by atoms with Gasteiger partial charge in [-0.3, -0.25) is 24.3 Å². The van der Waals surface area contributed by atoms with Gasteiger partial charge in [-0.25, -0.2) is 4.98 Å². The molecule has 3 rings (SSSR count). The molecule has 0 spiro atoms. The monoisotopic (exact) mass is 336 g/mol. The van der Waals surface area contributed by atoms with Gasteiger partial charge in [0, 0.05) is 5.69 Å². The van der Waals surface area contributed by atoms with E-state index in [2.05, 4.69) is 4.98 Å². The topological polar surface area (TPSA) is 107 Å². The van der Waals surface area contributed by atoms with Crippen molar-refractivity contribution in [2.75, 3.05) is 5.73 Å². The number of piperidine rings is 1. The van der Waals surface area contributed by atoms with E-state index in [9.17, 15) is 14.4 Å². The maximum absolute atomic E-state index is 13.1. The summed E-state index contributed by atoms with van der Waals surface area (Å²) >= 11 is 0. The van der Waals surface area contributed by atoms with E-state index in [1.165, 1.54) is 13.0 Å². The Kier molecular flexibility index (Phi) is 4.12. The molecule has 1 fully saturated rings. The van der Waals surface area contributed by atoms with Crippen LogP contribution in [-0.2, 0) is 15.0 Å². The van der Waals surface area contributed by atoms with Crippen LogP contribution in [0.1, 0.15) is 5.82 Å². The molecule has 26 heavy (non-hydrogen) atoms. The minimum absolute atomic E-state index is 0.0352. The van der Waals surface area contributed by atoms with Crippen molar-refractivity contribution < 1.29 is 9.59 Å². The number of nitrogens with two attached hydrogens (primary N) is 1. The van der Waals surface area contributed by atoms with Crippen LogP contribution in [0.15, 0.2) is 10.9 Å². The number of benzene rings is 1. The summed E-state index contributed by atoms with van der Waals surface area (Å²) in [6.45, 7) is 1.43. The fraction of sp³-hybridized carbons (Fsp3) is 0.286. The Morgan fingerprint density at radius 3 is 2.46 bits per heavy atom. The summed E-state index contributed by atoms with van der Waals surface area (Å²) in [6, 6.07) is 1.37. The molecule has 12 heteroatoms. The number of fused-ring (bicyclic) bond motifs is 1. The zero-order valence-corrected chi connectivity index (χ0v) is 13.8. The Hall–Kier alpha value is -2.38. The van der Waals surface area contributed by atoms with Crippen molar-refractivity contribution in [2.45, 2.75) is 24.0 Å². The molecule has 1 aromatic heterocycles. The van der Waals surface area contributed by atoms with Gasteiger partial charge in [0.05, 0.1) is 32.0 Å². The van der Waals surface area contributed by atoms with E-state index in [1.807, 2.05) is 5.32 Å². The first-order valence-electron chi connectivity index (χ1n) is 7.54. The zero-order chi connectivity index (χ0) is 19.5. The van der Waals surface area contributed by atoms with Crippen LogP contribution in [0, 0.1) is 6.92 Å². The van der Waals surface area contributed by atoms with E-state index in [0.29, 0.717) is 0 Å². The standard InChI is InChI=1S/C14H9B5N4O3/c1-3-21-9-5(16)2-4(15)8(20)6(9)12(25)23(3)14(19)10(18)7(17)11(24)22-13(14)26/h2,7,10H,20H2,1H3,(H,22,24,26). The van der Waals surface area contributed by atoms with Crippen LogP contribution >= 0.6 is 0 Å². The number of aromatic nitrogens is 2. The van der Waals surface area contributed by atoms with Crippen LogP contribution < -0.4 is 27.5 Å². The minimum Gasteiger partial charge on any atom is -0.398 e.